The van der Waals surface area contributed by atoms with Crippen LogP contribution in [-0.4, -0.2) is 47.4 Å². The minimum absolute atomic E-state index is 0.0313. The molecule has 0 atom stereocenters. The molecule has 0 radical (unpaired) electrons. The summed E-state index contributed by atoms with van der Waals surface area (Å²) < 4.78 is 15.6. The van der Waals surface area contributed by atoms with E-state index in [0.29, 0.717) is 43.6 Å². The Hall–Kier alpha value is -3.02. The number of halogens is 1. The van der Waals surface area contributed by atoms with E-state index in [-0.39, 0.29) is 11.2 Å². The monoisotopic (exact) mass is 445 g/mol. The van der Waals surface area contributed by atoms with Gasteiger partial charge >= 0.3 is 0 Å². The lowest BCUT2D eigenvalue weighted by atomic mass is 9.70. The van der Waals surface area contributed by atoms with Crippen LogP contribution in [0.1, 0.15) is 60.9 Å². The third-order valence-electron chi connectivity index (χ3n) is 6.02. The molecule has 2 aromatic rings. The standard InChI is InChI=1S/C27H33BFN3O/c1-5-8-21(9-6-2)24-22(10-7-15-30-24)25(33)32-16-13-27(29,14-17-32)18-20-11-12-23(31-19-20)26(3,4)28/h5-12,15,19H,1,13-14,16-18,28H2,2-4H3/b9-6-,21-8+. The molecule has 0 spiro atoms. The third-order valence-corrected chi connectivity index (χ3v) is 6.02. The molecule has 1 saturated heterocycles. The number of pyridine rings is 2. The van der Waals surface area contributed by atoms with Gasteiger partial charge in [-0.25, -0.2) is 4.39 Å². The van der Waals surface area contributed by atoms with Gasteiger partial charge in [-0.1, -0.05) is 50.8 Å². The van der Waals surface area contributed by atoms with Crippen LogP contribution in [0.4, 0.5) is 4.39 Å². The number of piperidine rings is 1. The molecule has 0 bridgehead atoms. The molecule has 0 saturated carbocycles. The van der Waals surface area contributed by atoms with Crippen LogP contribution in [0.5, 0.6) is 0 Å². The van der Waals surface area contributed by atoms with E-state index in [2.05, 4.69) is 38.2 Å². The highest BCUT2D eigenvalue weighted by Gasteiger charge is 2.37. The molecule has 3 rings (SSSR count). The van der Waals surface area contributed by atoms with Gasteiger partial charge in [-0.05, 0) is 48.8 Å². The van der Waals surface area contributed by atoms with E-state index in [9.17, 15) is 4.79 Å². The fourth-order valence-corrected chi connectivity index (χ4v) is 4.12. The van der Waals surface area contributed by atoms with Crippen molar-refractivity contribution >= 4 is 19.3 Å². The smallest absolute Gasteiger partial charge is 0.256 e. The maximum Gasteiger partial charge on any atom is 0.256 e. The third kappa shape index (κ3) is 6.07. The highest BCUT2D eigenvalue weighted by Crippen LogP contribution is 2.32. The summed E-state index contributed by atoms with van der Waals surface area (Å²) in [6.45, 7) is 10.7. The van der Waals surface area contributed by atoms with Gasteiger partial charge in [0.05, 0.1) is 11.3 Å². The van der Waals surface area contributed by atoms with E-state index >= 15 is 4.39 Å². The lowest BCUT2D eigenvalue weighted by molar-refractivity contribution is 0.0436. The van der Waals surface area contributed by atoms with E-state index in [1.807, 2.05) is 37.3 Å². The molecule has 2 aromatic heterocycles. The van der Waals surface area contributed by atoms with Crippen molar-refractivity contribution in [2.24, 2.45) is 0 Å². The molecule has 6 heteroatoms. The number of carbonyl (C=O) groups excluding carboxylic acids is 1. The van der Waals surface area contributed by atoms with E-state index in [1.54, 1.807) is 35.5 Å². The van der Waals surface area contributed by atoms with Crippen molar-refractivity contribution in [1.29, 1.82) is 0 Å². The number of aromatic nitrogens is 2. The minimum atomic E-state index is -1.33. The van der Waals surface area contributed by atoms with E-state index in [4.69, 9.17) is 0 Å². The molecule has 0 N–H and O–H groups in total. The number of hydrogen-bond acceptors (Lipinski definition) is 3. The number of hydrogen-bond donors (Lipinski definition) is 0. The van der Waals surface area contributed by atoms with Crippen LogP contribution in [0.25, 0.3) is 5.57 Å². The number of likely N-dealkylation sites (tertiary alicyclic amines) is 1. The summed E-state index contributed by atoms with van der Waals surface area (Å²) in [7, 11) is 2.11. The number of alkyl halides is 1. The van der Waals surface area contributed by atoms with Gasteiger partial charge in [0.2, 0.25) is 0 Å². The minimum Gasteiger partial charge on any atom is -0.338 e. The van der Waals surface area contributed by atoms with Crippen molar-refractivity contribution < 1.29 is 9.18 Å². The maximum absolute atomic E-state index is 15.6. The van der Waals surface area contributed by atoms with Crippen molar-refractivity contribution in [3.05, 3.63) is 90.1 Å². The highest BCUT2D eigenvalue weighted by molar-refractivity contribution is 6.15. The number of allylic oxidation sites excluding steroid dienone is 5. The lowest BCUT2D eigenvalue weighted by Crippen LogP contribution is -2.45. The zero-order valence-corrected chi connectivity index (χ0v) is 20.1. The van der Waals surface area contributed by atoms with E-state index in [0.717, 1.165) is 16.8 Å². The van der Waals surface area contributed by atoms with Gasteiger partial charge in [0.1, 0.15) is 13.5 Å². The Morgan fingerprint density at radius 3 is 2.58 bits per heavy atom. The molecule has 33 heavy (non-hydrogen) atoms. The SMILES string of the molecule is BC(C)(C)c1ccc(CC2(F)CCN(C(=O)c3cccnc3C(/C=C\C)=C/C=C)CC2)cn1. The van der Waals surface area contributed by atoms with Crippen molar-refractivity contribution in [3.8, 4) is 0 Å². The summed E-state index contributed by atoms with van der Waals surface area (Å²) in [5.41, 5.74) is 2.51. The van der Waals surface area contributed by atoms with Crippen LogP contribution >= 0.6 is 0 Å². The highest BCUT2D eigenvalue weighted by atomic mass is 19.1. The summed E-state index contributed by atoms with van der Waals surface area (Å²) in [6.07, 6.45) is 11.7. The van der Waals surface area contributed by atoms with Crippen molar-refractivity contribution in [2.45, 2.75) is 51.0 Å². The van der Waals surface area contributed by atoms with Crippen LogP contribution in [0.15, 0.2) is 67.5 Å². The fraction of sp³-hybridized carbons (Fsp3) is 0.370. The van der Waals surface area contributed by atoms with Crippen LogP contribution in [0.3, 0.4) is 0 Å². The van der Waals surface area contributed by atoms with Gasteiger partial charge < -0.3 is 4.90 Å². The molecule has 0 aromatic carbocycles. The van der Waals surface area contributed by atoms with Crippen molar-refractivity contribution in [2.75, 3.05) is 13.1 Å². The molecule has 4 nitrogen and oxygen atoms in total. The topological polar surface area (TPSA) is 46.1 Å². The lowest BCUT2D eigenvalue weighted by Gasteiger charge is -2.36. The Bertz CT molecular complexity index is 1050. The average molecular weight is 445 g/mol. The Morgan fingerprint density at radius 2 is 2.00 bits per heavy atom. The van der Waals surface area contributed by atoms with Crippen LogP contribution < -0.4 is 0 Å². The fourth-order valence-electron chi connectivity index (χ4n) is 4.12. The second-order valence-electron chi connectivity index (χ2n) is 9.68. The predicted octanol–water partition coefficient (Wildman–Crippen LogP) is 4.68. The largest absolute Gasteiger partial charge is 0.338 e. The maximum atomic E-state index is 15.6. The number of carbonyl (C=O) groups is 1. The predicted molar refractivity (Wildman–Crippen MR) is 136 cm³/mol. The second kappa shape index (κ2) is 10.3. The first-order chi connectivity index (χ1) is 15.7. The van der Waals surface area contributed by atoms with Crippen molar-refractivity contribution in [1.82, 2.24) is 14.9 Å². The Labute approximate surface area is 197 Å². The number of nitrogens with zero attached hydrogens (tertiary/aromatic N) is 3. The first kappa shape index (κ1) is 24.6. The van der Waals surface area contributed by atoms with Gasteiger partial charge in [-0.15, -0.1) is 0 Å². The Morgan fingerprint density at radius 1 is 1.27 bits per heavy atom. The van der Waals surface area contributed by atoms with Gasteiger partial charge in [0.15, 0.2) is 0 Å². The molecular weight excluding hydrogens is 412 g/mol. The molecule has 1 aliphatic heterocycles. The zero-order valence-electron chi connectivity index (χ0n) is 20.1. The van der Waals surface area contributed by atoms with Gasteiger partial charge in [-0.2, -0.15) is 0 Å². The number of amides is 1. The average Bonchev–Trinajstić information content (AvgIpc) is 2.78. The Kier molecular flexibility index (Phi) is 7.67. The van der Waals surface area contributed by atoms with E-state index < -0.39 is 5.67 Å². The van der Waals surface area contributed by atoms with Gasteiger partial charge in [-0.3, -0.25) is 14.8 Å². The molecule has 1 amide bonds. The Balaban J connectivity index is 1.70. The van der Waals surface area contributed by atoms with E-state index in [1.165, 1.54) is 0 Å². The van der Waals surface area contributed by atoms with Gasteiger partial charge in [0, 0.05) is 43.2 Å². The molecule has 1 aliphatic rings. The van der Waals surface area contributed by atoms with Crippen LogP contribution in [-0.2, 0) is 11.7 Å². The molecular formula is C27H33BFN3O. The van der Waals surface area contributed by atoms with Crippen LogP contribution in [0, 0.1) is 0 Å². The summed E-state index contributed by atoms with van der Waals surface area (Å²) in [4.78, 5) is 24.0. The normalized spacial score (nSPS) is 16.7. The molecule has 0 unspecified atom stereocenters. The number of rotatable bonds is 7. The summed E-state index contributed by atoms with van der Waals surface area (Å²) in [5, 5.41) is -0.0313. The summed E-state index contributed by atoms with van der Waals surface area (Å²) >= 11 is 0. The second-order valence-corrected chi connectivity index (χ2v) is 9.68. The quantitative estimate of drug-likeness (QED) is 0.460. The molecule has 0 aliphatic carbocycles. The van der Waals surface area contributed by atoms with Crippen molar-refractivity contribution in [3.63, 3.8) is 0 Å². The molecule has 3 heterocycles. The zero-order chi connectivity index (χ0) is 24.1. The first-order valence-electron chi connectivity index (χ1n) is 11.5. The molecule has 172 valence electrons. The molecule has 1 fully saturated rings. The first-order valence-corrected chi connectivity index (χ1v) is 11.5. The van der Waals surface area contributed by atoms with Crippen LogP contribution in [0.2, 0.25) is 0 Å². The summed E-state index contributed by atoms with van der Waals surface area (Å²) in [5.74, 6) is -0.115. The summed E-state index contributed by atoms with van der Waals surface area (Å²) in [6, 6.07) is 7.50. The van der Waals surface area contributed by atoms with Gasteiger partial charge in [0.25, 0.3) is 5.91 Å².